The summed E-state index contributed by atoms with van der Waals surface area (Å²) in [6.45, 7) is -0.264. The van der Waals surface area contributed by atoms with Crippen LogP contribution in [-0.4, -0.2) is 42.6 Å². The molecule has 1 amide bonds. The van der Waals surface area contributed by atoms with Gasteiger partial charge < -0.3 is 14.4 Å². The molecule has 1 aromatic carbocycles. The van der Waals surface area contributed by atoms with Gasteiger partial charge in [0.05, 0.1) is 11.6 Å². The maximum Gasteiger partial charge on any atom is 0.338 e. The summed E-state index contributed by atoms with van der Waals surface area (Å²) in [6, 6.07) is 9.69. The van der Waals surface area contributed by atoms with Crippen LogP contribution in [0.5, 0.6) is 5.75 Å². The Labute approximate surface area is 153 Å². The standard InChI is InChI=1S/C20H22N2O4/c1-22(20(14-21)9-5-2-6-10-20)18(23)13-26-19(24)16-11-15-7-3-4-8-17(15)25-12-16/h3-4,7-8,11H,2,5-6,9-10,12-13H2,1H3. The highest BCUT2D eigenvalue weighted by Gasteiger charge is 2.39. The first-order valence-electron chi connectivity index (χ1n) is 8.83. The summed E-state index contributed by atoms with van der Waals surface area (Å²) in [5.41, 5.74) is 0.389. The minimum atomic E-state index is -0.784. The van der Waals surface area contributed by atoms with Crippen molar-refractivity contribution in [3.8, 4) is 11.8 Å². The van der Waals surface area contributed by atoms with Crippen LogP contribution in [0.3, 0.4) is 0 Å². The summed E-state index contributed by atoms with van der Waals surface area (Å²) in [5.74, 6) is -0.219. The van der Waals surface area contributed by atoms with Gasteiger partial charge in [0, 0.05) is 12.6 Å². The molecule has 6 heteroatoms. The van der Waals surface area contributed by atoms with Gasteiger partial charge in [-0.25, -0.2) is 4.79 Å². The lowest BCUT2D eigenvalue weighted by molar-refractivity contribution is -0.151. The van der Waals surface area contributed by atoms with E-state index in [1.807, 2.05) is 24.3 Å². The molecule has 2 aliphatic rings. The molecule has 0 aromatic heterocycles. The Morgan fingerprint density at radius 1 is 1.27 bits per heavy atom. The molecule has 0 unspecified atom stereocenters. The molecule has 0 atom stereocenters. The van der Waals surface area contributed by atoms with E-state index in [-0.39, 0.29) is 19.1 Å². The van der Waals surface area contributed by atoms with Crippen LogP contribution in [0.4, 0.5) is 0 Å². The minimum Gasteiger partial charge on any atom is -0.488 e. The molecule has 1 aromatic rings. The number of carbonyl (C=O) groups excluding carboxylic acids is 2. The third-order valence-corrected chi connectivity index (χ3v) is 5.13. The van der Waals surface area contributed by atoms with Crippen LogP contribution in [0.15, 0.2) is 29.8 Å². The molecule has 1 fully saturated rings. The van der Waals surface area contributed by atoms with Crippen LogP contribution in [0.1, 0.15) is 37.7 Å². The fourth-order valence-corrected chi connectivity index (χ4v) is 3.45. The number of nitrogens with zero attached hydrogens (tertiary/aromatic N) is 2. The van der Waals surface area contributed by atoms with E-state index >= 15 is 0 Å². The highest BCUT2D eigenvalue weighted by Crippen LogP contribution is 2.32. The number of likely N-dealkylation sites (N-methyl/N-ethyl adjacent to an activating group) is 1. The van der Waals surface area contributed by atoms with Gasteiger partial charge in [-0.1, -0.05) is 37.5 Å². The maximum absolute atomic E-state index is 12.4. The Hall–Kier alpha value is -2.81. The Morgan fingerprint density at radius 3 is 2.73 bits per heavy atom. The number of rotatable bonds is 4. The molecule has 136 valence electrons. The number of fused-ring (bicyclic) bond motifs is 1. The first kappa shape index (κ1) is 18.0. The SMILES string of the molecule is CN(C(=O)COC(=O)C1=Cc2ccccc2OC1)C1(C#N)CCCCC1. The smallest absolute Gasteiger partial charge is 0.338 e. The van der Waals surface area contributed by atoms with Crippen LogP contribution in [-0.2, 0) is 14.3 Å². The number of hydrogen-bond donors (Lipinski definition) is 0. The topological polar surface area (TPSA) is 79.6 Å². The maximum atomic E-state index is 12.4. The Morgan fingerprint density at radius 2 is 2.00 bits per heavy atom. The van der Waals surface area contributed by atoms with Gasteiger partial charge >= 0.3 is 5.97 Å². The van der Waals surface area contributed by atoms with Gasteiger partial charge in [0.15, 0.2) is 6.61 Å². The van der Waals surface area contributed by atoms with Gasteiger partial charge in [-0.05, 0) is 25.0 Å². The second kappa shape index (κ2) is 7.61. The fraction of sp³-hybridized carbons (Fsp3) is 0.450. The predicted molar refractivity (Wildman–Crippen MR) is 95.1 cm³/mol. The van der Waals surface area contributed by atoms with E-state index in [4.69, 9.17) is 9.47 Å². The van der Waals surface area contributed by atoms with Gasteiger partial charge in [0.1, 0.15) is 17.9 Å². The van der Waals surface area contributed by atoms with Gasteiger partial charge in [0.2, 0.25) is 0 Å². The third kappa shape index (κ3) is 3.57. The number of carbonyl (C=O) groups is 2. The lowest BCUT2D eigenvalue weighted by atomic mass is 9.81. The van der Waals surface area contributed by atoms with Crippen molar-refractivity contribution in [2.45, 2.75) is 37.6 Å². The van der Waals surface area contributed by atoms with Crippen molar-refractivity contribution in [2.75, 3.05) is 20.3 Å². The molecule has 1 aliphatic carbocycles. The molecule has 1 aliphatic heterocycles. The van der Waals surface area contributed by atoms with Crippen molar-refractivity contribution in [1.29, 1.82) is 5.26 Å². The molecule has 1 heterocycles. The zero-order chi connectivity index (χ0) is 18.6. The molecule has 0 spiro atoms. The van der Waals surface area contributed by atoms with E-state index < -0.39 is 11.5 Å². The number of ether oxygens (including phenoxy) is 2. The molecule has 1 saturated carbocycles. The average molecular weight is 354 g/mol. The fourth-order valence-electron chi connectivity index (χ4n) is 3.45. The van der Waals surface area contributed by atoms with Gasteiger partial charge in [-0.3, -0.25) is 4.79 Å². The van der Waals surface area contributed by atoms with Gasteiger partial charge in [-0.2, -0.15) is 5.26 Å². The van der Waals surface area contributed by atoms with Crippen LogP contribution >= 0.6 is 0 Å². The average Bonchev–Trinajstić information content (AvgIpc) is 2.71. The molecule has 0 N–H and O–H groups in total. The normalized spacial score (nSPS) is 17.8. The van der Waals surface area contributed by atoms with Crippen molar-refractivity contribution in [3.05, 3.63) is 35.4 Å². The summed E-state index contributed by atoms with van der Waals surface area (Å²) in [4.78, 5) is 26.1. The zero-order valence-electron chi connectivity index (χ0n) is 14.9. The van der Waals surface area contributed by atoms with Crippen LogP contribution in [0, 0.1) is 11.3 Å². The molecular formula is C20H22N2O4. The van der Waals surface area contributed by atoms with Gasteiger partial charge in [0.25, 0.3) is 5.91 Å². The lowest BCUT2D eigenvalue weighted by Gasteiger charge is -2.38. The lowest BCUT2D eigenvalue weighted by Crippen LogP contribution is -2.51. The quantitative estimate of drug-likeness (QED) is 0.777. The van der Waals surface area contributed by atoms with Crippen LogP contribution in [0.2, 0.25) is 0 Å². The van der Waals surface area contributed by atoms with E-state index in [1.54, 1.807) is 13.1 Å². The minimum absolute atomic E-state index is 0.113. The highest BCUT2D eigenvalue weighted by molar-refractivity contribution is 5.96. The predicted octanol–water partition coefficient (Wildman–Crippen LogP) is 2.69. The Balaban J connectivity index is 1.60. The second-order valence-electron chi connectivity index (χ2n) is 6.73. The van der Waals surface area contributed by atoms with Crippen molar-refractivity contribution in [3.63, 3.8) is 0 Å². The monoisotopic (exact) mass is 354 g/mol. The number of hydrogen-bond acceptors (Lipinski definition) is 5. The van der Waals surface area contributed by atoms with Crippen LogP contribution in [0.25, 0.3) is 6.08 Å². The molecule has 3 rings (SSSR count). The molecule has 0 radical (unpaired) electrons. The van der Waals surface area contributed by atoms with E-state index in [9.17, 15) is 14.9 Å². The van der Waals surface area contributed by atoms with E-state index in [2.05, 4.69) is 6.07 Å². The molecule has 0 bridgehead atoms. The summed E-state index contributed by atoms with van der Waals surface area (Å²) in [6.07, 6.45) is 5.97. The first-order chi connectivity index (χ1) is 12.6. The van der Waals surface area contributed by atoms with Gasteiger partial charge in [-0.15, -0.1) is 0 Å². The van der Waals surface area contributed by atoms with Crippen molar-refractivity contribution in [1.82, 2.24) is 4.90 Å². The molecule has 0 saturated heterocycles. The van der Waals surface area contributed by atoms with Crippen molar-refractivity contribution >= 4 is 18.0 Å². The molecule has 6 nitrogen and oxygen atoms in total. The largest absolute Gasteiger partial charge is 0.488 e. The first-order valence-corrected chi connectivity index (χ1v) is 8.83. The Kier molecular flexibility index (Phi) is 5.27. The number of nitriles is 1. The summed E-state index contributed by atoms with van der Waals surface area (Å²) < 4.78 is 10.7. The van der Waals surface area contributed by atoms with Crippen LogP contribution < -0.4 is 4.74 Å². The van der Waals surface area contributed by atoms with E-state index in [1.165, 1.54) is 4.90 Å². The number of amides is 1. The summed E-state index contributed by atoms with van der Waals surface area (Å²) in [7, 11) is 1.62. The zero-order valence-corrected chi connectivity index (χ0v) is 14.9. The Bertz CT molecular complexity index is 772. The highest BCUT2D eigenvalue weighted by atomic mass is 16.5. The van der Waals surface area contributed by atoms with Crippen molar-refractivity contribution in [2.24, 2.45) is 0 Å². The summed E-state index contributed by atoms with van der Waals surface area (Å²) >= 11 is 0. The molecular weight excluding hydrogens is 332 g/mol. The van der Waals surface area contributed by atoms with E-state index in [0.29, 0.717) is 24.2 Å². The third-order valence-electron chi connectivity index (χ3n) is 5.13. The molecule has 26 heavy (non-hydrogen) atoms. The second-order valence-corrected chi connectivity index (χ2v) is 6.73. The van der Waals surface area contributed by atoms with E-state index in [0.717, 1.165) is 24.8 Å². The summed E-state index contributed by atoms with van der Waals surface area (Å²) in [5, 5.41) is 9.56. The van der Waals surface area contributed by atoms with Crippen molar-refractivity contribution < 1.29 is 19.1 Å². The number of esters is 1. The number of para-hydroxylation sites is 1. The number of benzene rings is 1.